The van der Waals surface area contributed by atoms with Crippen LogP contribution in [0.2, 0.25) is 0 Å². The molecule has 0 aliphatic heterocycles. The minimum Gasteiger partial charge on any atom is -0.378 e. The summed E-state index contributed by atoms with van der Waals surface area (Å²) in [5, 5.41) is 10.1. The second kappa shape index (κ2) is 13.0. The standard InChI is InChI=1S/C12H27N3O2S/c1-4-13-5-7-16-9-10-17-8-6-14-12(18)15-11(2)3/h11,13H,4-10H2,1-3H3,(H2,14,15,18). The highest BCUT2D eigenvalue weighted by Gasteiger charge is 1.96. The van der Waals surface area contributed by atoms with Crippen molar-refractivity contribution in [2.45, 2.75) is 26.8 Å². The van der Waals surface area contributed by atoms with Crippen LogP contribution in [0.4, 0.5) is 0 Å². The molecule has 0 spiro atoms. The Bertz CT molecular complexity index is 204. The Balaban J connectivity index is 3.09. The maximum atomic E-state index is 5.40. The summed E-state index contributed by atoms with van der Waals surface area (Å²) in [5.41, 5.74) is 0. The maximum absolute atomic E-state index is 5.40. The van der Waals surface area contributed by atoms with E-state index in [9.17, 15) is 0 Å². The van der Waals surface area contributed by atoms with Crippen molar-refractivity contribution in [3.63, 3.8) is 0 Å². The van der Waals surface area contributed by atoms with Gasteiger partial charge in [-0.1, -0.05) is 6.92 Å². The Labute approximate surface area is 116 Å². The van der Waals surface area contributed by atoms with Gasteiger partial charge in [0.05, 0.1) is 26.4 Å². The molecule has 0 aromatic heterocycles. The van der Waals surface area contributed by atoms with E-state index >= 15 is 0 Å². The zero-order valence-electron chi connectivity index (χ0n) is 11.8. The zero-order chi connectivity index (χ0) is 13.6. The van der Waals surface area contributed by atoms with E-state index in [2.05, 4.69) is 36.7 Å². The van der Waals surface area contributed by atoms with Crippen LogP contribution in [0, 0.1) is 0 Å². The first-order valence-electron chi connectivity index (χ1n) is 6.57. The van der Waals surface area contributed by atoms with Gasteiger partial charge >= 0.3 is 0 Å². The van der Waals surface area contributed by atoms with E-state index in [1.807, 2.05) is 0 Å². The van der Waals surface area contributed by atoms with E-state index in [4.69, 9.17) is 21.7 Å². The van der Waals surface area contributed by atoms with Crippen LogP contribution >= 0.6 is 12.2 Å². The lowest BCUT2D eigenvalue weighted by Crippen LogP contribution is -2.40. The second-order valence-corrected chi connectivity index (χ2v) is 4.54. The van der Waals surface area contributed by atoms with Gasteiger partial charge in [-0.15, -0.1) is 0 Å². The number of thiocarbonyl (C=S) groups is 1. The number of hydrogen-bond acceptors (Lipinski definition) is 4. The first-order chi connectivity index (χ1) is 8.66. The Morgan fingerprint density at radius 1 is 1.06 bits per heavy atom. The number of nitrogens with one attached hydrogen (secondary N) is 3. The van der Waals surface area contributed by atoms with Gasteiger partial charge < -0.3 is 25.4 Å². The van der Waals surface area contributed by atoms with E-state index in [1.54, 1.807) is 0 Å². The average Bonchev–Trinajstić information content (AvgIpc) is 2.30. The summed E-state index contributed by atoms with van der Waals surface area (Å²) < 4.78 is 10.8. The van der Waals surface area contributed by atoms with Crippen molar-refractivity contribution in [3.05, 3.63) is 0 Å². The van der Waals surface area contributed by atoms with Crippen LogP contribution in [0.3, 0.4) is 0 Å². The average molecular weight is 277 g/mol. The lowest BCUT2D eigenvalue weighted by Gasteiger charge is -2.13. The lowest BCUT2D eigenvalue weighted by atomic mass is 10.4. The number of hydrogen-bond donors (Lipinski definition) is 3. The molecule has 108 valence electrons. The monoisotopic (exact) mass is 277 g/mol. The number of rotatable bonds is 11. The summed E-state index contributed by atoms with van der Waals surface area (Å²) in [7, 11) is 0. The molecular formula is C12H27N3O2S. The SMILES string of the molecule is CCNCCOCCOCCNC(=S)NC(C)C. The van der Waals surface area contributed by atoms with Crippen molar-refractivity contribution in [2.75, 3.05) is 46.1 Å². The molecule has 0 heterocycles. The van der Waals surface area contributed by atoms with E-state index in [0.717, 1.165) is 26.2 Å². The molecule has 0 saturated heterocycles. The molecule has 0 aromatic carbocycles. The highest BCUT2D eigenvalue weighted by atomic mass is 32.1. The summed E-state index contributed by atoms with van der Waals surface area (Å²) in [6, 6.07) is 0.357. The third-order valence-electron chi connectivity index (χ3n) is 2.00. The van der Waals surface area contributed by atoms with E-state index < -0.39 is 0 Å². The fraction of sp³-hybridized carbons (Fsp3) is 0.917. The molecule has 0 bridgehead atoms. The van der Waals surface area contributed by atoms with Crippen LogP contribution in [-0.4, -0.2) is 57.2 Å². The topological polar surface area (TPSA) is 54.5 Å². The largest absolute Gasteiger partial charge is 0.378 e. The Morgan fingerprint density at radius 2 is 1.67 bits per heavy atom. The normalized spacial score (nSPS) is 10.7. The number of ether oxygens (including phenoxy) is 2. The van der Waals surface area contributed by atoms with Crippen molar-refractivity contribution in [1.29, 1.82) is 0 Å². The van der Waals surface area contributed by atoms with E-state index in [0.29, 0.717) is 31.0 Å². The molecule has 0 rings (SSSR count). The summed E-state index contributed by atoms with van der Waals surface area (Å²) in [6.07, 6.45) is 0. The van der Waals surface area contributed by atoms with Crippen LogP contribution in [0.25, 0.3) is 0 Å². The van der Waals surface area contributed by atoms with Crippen LogP contribution in [0.1, 0.15) is 20.8 Å². The molecule has 0 atom stereocenters. The maximum Gasteiger partial charge on any atom is 0.166 e. The smallest absolute Gasteiger partial charge is 0.166 e. The highest BCUT2D eigenvalue weighted by molar-refractivity contribution is 7.80. The lowest BCUT2D eigenvalue weighted by molar-refractivity contribution is 0.0510. The molecule has 0 aromatic rings. The summed E-state index contributed by atoms with van der Waals surface area (Å²) >= 11 is 5.08. The summed E-state index contributed by atoms with van der Waals surface area (Å²) in [6.45, 7) is 11.4. The second-order valence-electron chi connectivity index (χ2n) is 4.13. The molecular weight excluding hydrogens is 250 g/mol. The van der Waals surface area contributed by atoms with Gasteiger partial charge in [-0.3, -0.25) is 0 Å². The quantitative estimate of drug-likeness (QED) is 0.378. The third kappa shape index (κ3) is 13.6. The van der Waals surface area contributed by atoms with E-state index in [-0.39, 0.29) is 0 Å². The first kappa shape index (κ1) is 17.6. The van der Waals surface area contributed by atoms with Crippen molar-refractivity contribution < 1.29 is 9.47 Å². The van der Waals surface area contributed by atoms with Crippen molar-refractivity contribution in [1.82, 2.24) is 16.0 Å². The molecule has 5 nitrogen and oxygen atoms in total. The van der Waals surface area contributed by atoms with Gasteiger partial charge in [-0.2, -0.15) is 0 Å². The van der Waals surface area contributed by atoms with Gasteiger partial charge in [0, 0.05) is 19.1 Å². The fourth-order valence-corrected chi connectivity index (χ4v) is 1.53. The Morgan fingerprint density at radius 3 is 2.22 bits per heavy atom. The first-order valence-corrected chi connectivity index (χ1v) is 6.98. The summed E-state index contributed by atoms with van der Waals surface area (Å²) in [5.74, 6) is 0. The molecule has 0 radical (unpaired) electrons. The van der Waals surface area contributed by atoms with Gasteiger partial charge in [-0.25, -0.2) is 0 Å². The van der Waals surface area contributed by atoms with Crippen LogP contribution < -0.4 is 16.0 Å². The van der Waals surface area contributed by atoms with Gasteiger partial charge in [0.15, 0.2) is 5.11 Å². The van der Waals surface area contributed by atoms with Gasteiger partial charge in [0.2, 0.25) is 0 Å². The van der Waals surface area contributed by atoms with Gasteiger partial charge in [0.1, 0.15) is 0 Å². The van der Waals surface area contributed by atoms with Crippen molar-refractivity contribution in [3.8, 4) is 0 Å². The molecule has 18 heavy (non-hydrogen) atoms. The minimum absolute atomic E-state index is 0.357. The van der Waals surface area contributed by atoms with Crippen molar-refractivity contribution in [2.24, 2.45) is 0 Å². The third-order valence-corrected chi connectivity index (χ3v) is 2.26. The molecule has 0 saturated carbocycles. The van der Waals surface area contributed by atoms with Gasteiger partial charge in [0.25, 0.3) is 0 Å². The molecule has 3 N–H and O–H groups in total. The Kier molecular flexibility index (Phi) is 12.7. The van der Waals surface area contributed by atoms with E-state index in [1.165, 1.54) is 0 Å². The van der Waals surface area contributed by atoms with Crippen LogP contribution in [0.15, 0.2) is 0 Å². The molecule has 0 aliphatic carbocycles. The molecule has 6 heteroatoms. The molecule has 0 fully saturated rings. The van der Waals surface area contributed by atoms with Crippen LogP contribution in [-0.2, 0) is 9.47 Å². The summed E-state index contributed by atoms with van der Waals surface area (Å²) in [4.78, 5) is 0. The minimum atomic E-state index is 0.357. The number of likely N-dealkylation sites (N-methyl/N-ethyl adjacent to an activating group) is 1. The Hall–Kier alpha value is -0.430. The van der Waals surface area contributed by atoms with Crippen molar-refractivity contribution >= 4 is 17.3 Å². The molecule has 0 unspecified atom stereocenters. The fourth-order valence-electron chi connectivity index (χ4n) is 1.19. The molecule has 0 aliphatic rings. The molecule has 0 amide bonds. The predicted octanol–water partition coefficient (Wildman–Crippen LogP) is 0.502. The predicted molar refractivity (Wildman–Crippen MR) is 79.1 cm³/mol. The highest BCUT2D eigenvalue weighted by Crippen LogP contribution is 1.80. The van der Waals surface area contributed by atoms with Crippen LogP contribution in [0.5, 0.6) is 0 Å². The zero-order valence-corrected chi connectivity index (χ0v) is 12.6. The van der Waals surface area contributed by atoms with Gasteiger partial charge in [-0.05, 0) is 32.6 Å².